The first-order valence-corrected chi connectivity index (χ1v) is 2.65. The van der Waals surface area contributed by atoms with Crippen molar-refractivity contribution < 1.29 is 9.59 Å². The maximum absolute atomic E-state index is 10.4. The van der Waals surface area contributed by atoms with Crippen LogP contribution < -0.4 is 11.1 Å². The first-order valence-electron chi connectivity index (χ1n) is 2.65. The van der Waals surface area contributed by atoms with E-state index in [9.17, 15) is 9.59 Å². The van der Waals surface area contributed by atoms with Gasteiger partial charge in [-0.1, -0.05) is 0 Å². The lowest BCUT2D eigenvalue weighted by Crippen LogP contribution is -2.20. The highest BCUT2D eigenvalue weighted by Gasteiger charge is 1.99. The molecule has 0 heterocycles. The summed E-state index contributed by atoms with van der Waals surface area (Å²) in [6.45, 7) is 0. The summed E-state index contributed by atoms with van der Waals surface area (Å²) in [7, 11) is 1.52. The Morgan fingerprint density at radius 3 is 2.20 bits per heavy atom. The third-order valence-electron chi connectivity index (χ3n) is 0.877. The number of amides is 2. The van der Waals surface area contributed by atoms with Crippen molar-refractivity contribution in [1.82, 2.24) is 5.32 Å². The Hall–Kier alpha value is -0.770. The Kier molecular flexibility index (Phi) is 7.60. The van der Waals surface area contributed by atoms with E-state index in [1.807, 2.05) is 0 Å². The monoisotopic (exact) mass is 166 g/mol. The van der Waals surface area contributed by atoms with Crippen LogP contribution in [-0.2, 0) is 9.59 Å². The zero-order valence-electron chi connectivity index (χ0n) is 5.72. The fraction of sp³-hybridized carbons (Fsp3) is 0.600. The molecule has 0 aliphatic rings. The minimum absolute atomic E-state index is 0. The van der Waals surface area contributed by atoms with E-state index in [1.165, 1.54) is 7.05 Å². The average Bonchev–Trinajstić information content (AvgIpc) is 1.83. The Morgan fingerprint density at radius 1 is 1.40 bits per heavy atom. The molecule has 4 nitrogen and oxygen atoms in total. The van der Waals surface area contributed by atoms with Crippen LogP contribution in [0.3, 0.4) is 0 Å². The average molecular weight is 167 g/mol. The van der Waals surface area contributed by atoms with Gasteiger partial charge in [0, 0.05) is 19.9 Å². The highest BCUT2D eigenvalue weighted by Crippen LogP contribution is 1.84. The number of nitrogens with two attached hydrogens (primary N) is 1. The number of hydrogen-bond donors (Lipinski definition) is 2. The summed E-state index contributed by atoms with van der Waals surface area (Å²) in [5.74, 6) is -0.604. The molecule has 0 saturated carbocycles. The van der Waals surface area contributed by atoms with Crippen LogP contribution >= 0.6 is 12.4 Å². The van der Waals surface area contributed by atoms with Gasteiger partial charge in [-0.2, -0.15) is 0 Å². The van der Waals surface area contributed by atoms with Gasteiger partial charge in [0.25, 0.3) is 0 Å². The quantitative estimate of drug-likeness (QED) is 0.589. The molecule has 0 spiro atoms. The molecule has 0 bridgehead atoms. The van der Waals surface area contributed by atoms with Crippen LogP contribution in [0, 0.1) is 0 Å². The van der Waals surface area contributed by atoms with Gasteiger partial charge >= 0.3 is 0 Å². The smallest absolute Gasteiger partial charge is 0.220 e. The minimum atomic E-state index is -0.446. The summed E-state index contributed by atoms with van der Waals surface area (Å²) < 4.78 is 0. The van der Waals surface area contributed by atoms with Crippen LogP contribution in [0.25, 0.3) is 0 Å². The van der Waals surface area contributed by atoms with E-state index >= 15 is 0 Å². The van der Waals surface area contributed by atoms with Crippen molar-refractivity contribution in [2.75, 3.05) is 7.05 Å². The van der Waals surface area contributed by atoms with E-state index in [0.717, 1.165) is 0 Å². The van der Waals surface area contributed by atoms with Gasteiger partial charge in [-0.25, -0.2) is 0 Å². The lowest BCUT2D eigenvalue weighted by molar-refractivity contribution is -0.124. The Morgan fingerprint density at radius 2 is 1.90 bits per heavy atom. The van der Waals surface area contributed by atoms with Gasteiger partial charge in [0.05, 0.1) is 0 Å². The van der Waals surface area contributed by atoms with Crippen molar-refractivity contribution in [3.63, 3.8) is 0 Å². The zero-order valence-corrected chi connectivity index (χ0v) is 6.53. The van der Waals surface area contributed by atoms with Crippen molar-refractivity contribution in [3.8, 4) is 0 Å². The van der Waals surface area contributed by atoms with Crippen molar-refractivity contribution in [2.45, 2.75) is 12.8 Å². The molecule has 0 saturated heterocycles. The number of carbonyl (C=O) groups is 2. The second kappa shape index (κ2) is 6.35. The maximum Gasteiger partial charge on any atom is 0.220 e. The third kappa shape index (κ3) is 7.23. The molecule has 0 aliphatic carbocycles. The first kappa shape index (κ1) is 12.0. The van der Waals surface area contributed by atoms with Crippen molar-refractivity contribution in [1.29, 1.82) is 0 Å². The van der Waals surface area contributed by atoms with Crippen LogP contribution in [0.5, 0.6) is 0 Å². The van der Waals surface area contributed by atoms with Crippen molar-refractivity contribution in [3.05, 3.63) is 0 Å². The first-order chi connectivity index (χ1) is 4.16. The van der Waals surface area contributed by atoms with Gasteiger partial charge in [-0.05, 0) is 0 Å². The predicted molar refractivity (Wildman–Crippen MR) is 39.7 cm³/mol. The summed E-state index contributed by atoms with van der Waals surface area (Å²) in [4.78, 5) is 20.5. The van der Waals surface area contributed by atoms with Crippen molar-refractivity contribution in [2.24, 2.45) is 5.73 Å². The minimum Gasteiger partial charge on any atom is -0.370 e. The molecule has 5 heteroatoms. The number of rotatable bonds is 3. The summed E-state index contributed by atoms with van der Waals surface area (Å²) in [5, 5.41) is 2.37. The topological polar surface area (TPSA) is 72.2 Å². The number of primary amides is 1. The lowest BCUT2D eigenvalue weighted by Gasteiger charge is -1.93. The second-order valence-corrected chi connectivity index (χ2v) is 1.64. The lowest BCUT2D eigenvalue weighted by atomic mass is 10.3. The number of hydrogen-bond acceptors (Lipinski definition) is 2. The molecule has 0 aromatic heterocycles. The molecular weight excluding hydrogens is 156 g/mol. The highest BCUT2D eigenvalue weighted by atomic mass is 35.5. The molecule has 10 heavy (non-hydrogen) atoms. The van der Waals surface area contributed by atoms with Crippen LogP contribution in [0.2, 0.25) is 0 Å². The largest absolute Gasteiger partial charge is 0.370 e. The molecule has 60 valence electrons. The van der Waals surface area contributed by atoms with Crippen LogP contribution in [0.15, 0.2) is 0 Å². The van der Waals surface area contributed by atoms with Gasteiger partial charge < -0.3 is 11.1 Å². The number of halogens is 1. The Labute approximate surface area is 65.6 Å². The highest BCUT2D eigenvalue weighted by molar-refractivity contribution is 5.85. The molecule has 0 aromatic rings. The molecule has 0 atom stereocenters. The van der Waals surface area contributed by atoms with E-state index in [0.29, 0.717) is 0 Å². The molecular formula is C5H11ClN2O2. The SMILES string of the molecule is CNC(=O)CCC(N)=O.Cl. The molecule has 0 aliphatic heterocycles. The molecule has 0 fully saturated rings. The number of carbonyl (C=O) groups excluding carboxylic acids is 2. The predicted octanol–water partition coefficient (Wildman–Crippen LogP) is -0.580. The maximum atomic E-state index is 10.4. The van der Waals surface area contributed by atoms with E-state index < -0.39 is 5.91 Å². The van der Waals surface area contributed by atoms with E-state index in [4.69, 9.17) is 5.73 Å². The summed E-state index contributed by atoms with van der Waals surface area (Å²) in [5.41, 5.74) is 4.78. The Balaban J connectivity index is 0. The molecule has 0 unspecified atom stereocenters. The van der Waals surface area contributed by atoms with Gasteiger partial charge in [-0.3, -0.25) is 9.59 Å². The summed E-state index contributed by atoms with van der Waals surface area (Å²) in [6, 6.07) is 0. The Bertz CT molecular complexity index is 127. The molecule has 3 N–H and O–H groups in total. The standard InChI is InChI=1S/C5H10N2O2.ClH/c1-7-5(9)3-2-4(6)8;/h2-3H2,1H3,(H2,6,8)(H,7,9);1H. The fourth-order valence-corrected chi connectivity index (χ4v) is 0.362. The van der Waals surface area contributed by atoms with E-state index in [1.54, 1.807) is 0 Å². The zero-order chi connectivity index (χ0) is 7.28. The van der Waals surface area contributed by atoms with E-state index in [-0.39, 0.29) is 31.2 Å². The molecule has 2 amide bonds. The number of nitrogens with one attached hydrogen (secondary N) is 1. The molecule has 0 rings (SSSR count). The van der Waals surface area contributed by atoms with Gasteiger partial charge in [0.15, 0.2) is 0 Å². The van der Waals surface area contributed by atoms with Crippen LogP contribution in [-0.4, -0.2) is 18.9 Å². The molecule has 0 aromatic carbocycles. The van der Waals surface area contributed by atoms with Gasteiger partial charge in [0.2, 0.25) is 11.8 Å². The van der Waals surface area contributed by atoms with Crippen LogP contribution in [0.1, 0.15) is 12.8 Å². The summed E-state index contributed by atoms with van der Waals surface area (Å²) >= 11 is 0. The third-order valence-corrected chi connectivity index (χ3v) is 0.877. The van der Waals surface area contributed by atoms with Gasteiger partial charge in [0.1, 0.15) is 0 Å². The van der Waals surface area contributed by atoms with Crippen molar-refractivity contribution >= 4 is 24.2 Å². The van der Waals surface area contributed by atoms with Gasteiger partial charge in [-0.15, -0.1) is 12.4 Å². The molecule has 0 radical (unpaired) electrons. The second-order valence-electron chi connectivity index (χ2n) is 1.64. The van der Waals surface area contributed by atoms with Crippen LogP contribution in [0.4, 0.5) is 0 Å². The summed E-state index contributed by atoms with van der Waals surface area (Å²) in [6.07, 6.45) is 0.311. The normalized spacial score (nSPS) is 7.70. The van der Waals surface area contributed by atoms with E-state index in [2.05, 4.69) is 5.32 Å². The fourth-order valence-electron chi connectivity index (χ4n) is 0.362.